The first kappa shape index (κ1) is 19.7. The summed E-state index contributed by atoms with van der Waals surface area (Å²) >= 11 is 0. The van der Waals surface area contributed by atoms with Crippen molar-refractivity contribution in [1.82, 2.24) is 4.98 Å². The molecule has 0 fully saturated rings. The number of fused-ring (bicyclic) bond motifs is 1. The average molecular weight is 348 g/mol. The van der Waals surface area contributed by atoms with Crippen molar-refractivity contribution in [2.24, 2.45) is 5.92 Å². The molecule has 1 aromatic rings. The molecule has 5 nitrogen and oxygen atoms in total. The van der Waals surface area contributed by atoms with Crippen LogP contribution >= 0.6 is 0 Å². The van der Waals surface area contributed by atoms with E-state index in [4.69, 9.17) is 14.5 Å². The highest BCUT2D eigenvalue weighted by atomic mass is 16.6. The van der Waals surface area contributed by atoms with Gasteiger partial charge in [-0.25, -0.2) is 9.78 Å². The van der Waals surface area contributed by atoms with Crippen molar-refractivity contribution < 1.29 is 14.3 Å². The molecule has 0 radical (unpaired) electrons. The van der Waals surface area contributed by atoms with Gasteiger partial charge in [0, 0.05) is 25.5 Å². The molecule has 5 heteroatoms. The van der Waals surface area contributed by atoms with Crippen LogP contribution in [0.4, 0.5) is 10.6 Å². The van der Waals surface area contributed by atoms with Gasteiger partial charge in [0.05, 0.1) is 0 Å². The molecule has 1 amide bonds. The minimum atomic E-state index is -0.499. The Hall–Kier alpha value is -1.62. The third-order valence-corrected chi connectivity index (χ3v) is 4.21. The summed E-state index contributed by atoms with van der Waals surface area (Å²) in [4.78, 5) is 19.0. The van der Waals surface area contributed by atoms with Gasteiger partial charge in [-0.05, 0) is 70.9 Å². The van der Waals surface area contributed by atoms with Crippen molar-refractivity contribution in [3.63, 3.8) is 0 Å². The van der Waals surface area contributed by atoms with Crippen LogP contribution < -0.4 is 4.90 Å². The second-order valence-corrected chi connectivity index (χ2v) is 7.82. The first-order valence-corrected chi connectivity index (χ1v) is 9.37. The van der Waals surface area contributed by atoms with Crippen LogP contribution in [0.25, 0.3) is 0 Å². The molecule has 1 atom stereocenters. The lowest BCUT2D eigenvalue weighted by atomic mass is 10.0. The predicted octanol–water partition coefficient (Wildman–Crippen LogP) is 4.37. The molecule has 0 bridgehead atoms. The molecular weight excluding hydrogens is 316 g/mol. The predicted molar refractivity (Wildman–Crippen MR) is 100 cm³/mol. The molecule has 1 aliphatic rings. The van der Waals surface area contributed by atoms with Gasteiger partial charge in [-0.2, -0.15) is 0 Å². The molecule has 140 valence electrons. The zero-order valence-electron chi connectivity index (χ0n) is 16.3. The zero-order valence-corrected chi connectivity index (χ0v) is 16.3. The second kappa shape index (κ2) is 8.65. The van der Waals surface area contributed by atoms with Crippen LogP contribution in [0.1, 0.15) is 58.7 Å². The number of hydrogen-bond acceptors (Lipinski definition) is 4. The van der Waals surface area contributed by atoms with Gasteiger partial charge in [0.2, 0.25) is 0 Å². The lowest BCUT2D eigenvalue weighted by Crippen LogP contribution is -2.40. The van der Waals surface area contributed by atoms with E-state index in [9.17, 15) is 4.79 Å². The van der Waals surface area contributed by atoms with Crippen molar-refractivity contribution in [3.8, 4) is 0 Å². The van der Waals surface area contributed by atoms with E-state index in [1.807, 2.05) is 27.7 Å². The van der Waals surface area contributed by atoms with E-state index in [0.29, 0.717) is 12.5 Å². The fraction of sp³-hybridized carbons (Fsp3) is 0.700. The number of carbonyl (C=O) groups excluding carboxylic acids is 1. The molecule has 2 heterocycles. The van der Waals surface area contributed by atoms with E-state index in [-0.39, 0.29) is 6.09 Å². The minimum Gasteiger partial charge on any atom is -0.443 e. The van der Waals surface area contributed by atoms with Gasteiger partial charge < -0.3 is 9.47 Å². The van der Waals surface area contributed by atoms with Crippen LogP contribution in [-0.2, 0) is 22.3 Å². The van der Waals surface area contributed by atoms with E-state index in [1.54, 1.807) is 4.90 Å². The third kappa shape index (κ3) is 5.99. The zero-order chi connectivity index (χ0) is 18.4. The average Bonchev–Trinajstić information content (AvgIpc) is 2.55. The van der Waals surface area contributed by atoms with Crippen molar-refractivity contribution >= 4 is 11.9 Å². The first-order valence-electron chi connectivity index (χ1n) is 9.37. The first-order chi connectivity index (χ1) is 11.8. The number of pyridine rings is 1. The fourth-order valence-corrected chi connectivity index (χ4v) is 2.91. The summed E-state index contributed by atoms with van der Waals surface area (Å²) in [7, 11) is 0. The molecule has 0 aromatic carbocycles. The van der Waals surface area contributed by atoms with Crippen LogP contribution in [0.5, 0.6) is 0 Å². The maximum Gasteiger partial charge on any atom is 0.416 e. The van der Waals surface area contributed by atoms with Crippen LogP contribution in [0.2, 0.25) is 0 Å². The second-order valence-electron chi connectivity index (χ2n) is 7.82. The molecule has 1 unspecified atom stereocenters. The van der Waals surface area contributed by atoms with E-state index >= 15 is 0 Å². The molecule has 2 rings (SSSR count). The summed E-state index contributed by atoms with van der Waals surface area (Å²) < 4.78 is 11.0. The van der Waals surface area contributed by atoms with E-state index < -0.39 is 5.60 Å². The summed E-state index contributed by atoms with van der Waals surface area (Å²) in [6.45, 7) is 12.1. The molecular formula is C20H32N2O3. The molecule has 0 saturated heterocycles. The van der Waals surface area contributed by atoms with Crippen LogP contribution in [0.3, 0.4) is 0 Å². The van der Waals surface area contributed by atoms with E-state index in [0.717, 1.165) is 56.0 Å². The molecule has 25 heavy (non-hydrogen) atoms. The topological polar surface area (TPSA) is 51.7 Å². The summed E-state index contributed by atoms with van der Waals surface area (Å²) in [6, 6.07) is 4.20. The van der Waals surface area contributed by atoms with Crippen LogP contribution in [0, 0.1) is 5.92 Å². The number of nitrogens with zero attached hydrogens (tertiary/aromatic N) is 2. The van der Waals surface area contributed by atoms with Crippen molar-refractivity contribution in [3.05, 3.63) is 23.4 Å². The van der Waals surface area contributed by atoms with Gasteiger partial charge in [0.15, 0.2) is 0 Å². The lowest BCUT2D eigenvalue weighted by molar-refractivity contribution is 0.0576. The molecule has 1 aliphatic heterocycles. The Morgan fingerprint density at radius 1 is 1.36 bits per heavy atom. The number of carbonyl (C=O) groups is 1. The highest BCUT2D eigenvalue weighted by molar-refractivity contribution is 5.88. The van der Waals surface area contributed by atoms with E-state index in [1.165, 1.54) is 0 Å². The van der Waals surface area contributed by atoms with Gasteiger partial charge in [-0.1, -0.05) is 13.0 Å². The Morgan fingerprint density at radius 2 is 2.12 bits per heavy atom. The normalized spacial score (nSPS) is 15.6. The van der Waals surface area contributed by atoms with Crippen LogP contribution in [-0.4, -0.2) is 36.4 Å². The SMILES string of the molecule is CCOCC(C)CCc1ccc2c(n1)N(C(=O)OC(C)(C)C)CCC2. The van der Waals surface area contributed by atoms with Gasteiger partial charge in [0.1, 0.15) is 11.4 Å². The number of amides is 1. The number of aryl methyl sites for hydroxylation is 2. The van der Waals surface area contributed by atoms with Gasteiger partial charge in [-0.3, -0.25) is 4.90 Å². The highest BCUT2D eigenvalue weighted by Crippen LogP contribution is 2.27. The Kier molecular flexibility index (Phi) is 6.82. The molecule has 1 aromatic heterocycles. The smallest absolute Gasteiger partial charge is 0.416 e. The van der Waals surface area contributed by atoms with Crippen molar-refractivity contribution in [2.75, 3.05) is 24.7 Å². The summed E-state index contributed by atoms with van der Waals surface area (Å²) in [5, 5.41) is 0. The molecule has 0 saturated carbocycles. The summed E-state index contributed by atoms with van der Waals surface area (Å²) in [5.41, 5.74) is 1.65. The number of anilines is 1. The molecule has 0 N–H and O–H groups in total. The minimum absolute atomic E-state index is 0.303. The largest absolute Gasteiger partial charge is 0.443 e. The number of rotatable bonds is 6. The fourth-order valence-electron chi connectivity index (χ4n) is 2.91. The Labute approximate surface area is 151 Å². The van der Waals surface area contributed by atoms with Gasteiger partial charge in [0.25, 0.3) is 0 Å². The third-order valence-electron chi connectivity index (χ3n) is 4.21. The van der Waals surface area contributed by atoms with Crippen LogP contribution in [0.15, 0.2) is 12.1 Å². The maximum atomic E-state index is 12.5. The molecule has 0 aliphatic carbocycles. The standard InChI is InChI=1S/C20H32N2O3/c1-6-24-14-15(2)9-11-17-12-10-16-8-7-13-22(18(16)21-17)19(23)25-20(3,4)5/h10,12,15H,6-9,11,13-14H2,1-5H3. The lowest BCUT2D eigenvalue weighted by Gasteiger charge is -2.31. The quantitative estimate of drug-likeness (QED) is 0.766. The Morgan fingerprint density at radius 3 is 2.80 bits per heavy atom. The highest BCUT2D eigenvalue weighted by Gasteiger charge is 2.28. The monoisotopic (exact) mass is 348 g/mol. The molecule has 0 spiro atoms. The Bertz CT molecular complexity index is 581. The van der Waals surface area contributed by atoms with Crippen molar-refractivity contribution in [1.29, 1.82) is 0 Å². The summed E-state index contributed by atoms with van der Waals surface area (Å²) in [5.74, 6) is 1.27. The van der Waals surface area contributed by atoms with E-state index in [2.05, 4.69) is 19.1 Å². The van der Waals surface area contributed by atoms with Gasteiger partial charge >= 0.3 is 6.09 Å². The maximum absolute atomic E-state index is 12.5. The summed E-state index contributed by atoms with van der Waals surface area (Å²) in [6.07, 6.45) is 3.52. The van der Waals surface area contributed by atoms with Crippen molar-refractivity contribution in [2.45, 2.75) is 65.9 Å². The Balaban J connectivity index is 2.07. The number of aromatic nitrogens is 1. The number of hydrogen-bond donors (Lipinski definition) is 0. The number of ether oxygens (including phenoxy) is 2. The van der Waals surface area contributed by atoms with Gasteiger partial charge in [-0.15, -0.1) is 0 Å².